The number of carbonyl (C=O) groups is 3. The highest BCUT2D eigenvalue weighted by molar-refractivity contribution is 8.18. The SMILES string of the molecule is CCC(S)(S)S(=O)(=O)O.O=C(O)CC(O)(CC(=O)O)C(=O)O. The van der Waals surface area contributed by atoms with Crippen LogP contribution < -0.4 is 0 Å². The monoisotopic (exact) mass is 380 g/mol. The van der Waals surface area contributed by atoms with Gasteiger partial charge < -0.3 is 20.4 Å². The van der Waals surface area contributed by atoms with Gasteiger partial charge in [-0.1, -0.05) is 6.92 Å². The molecule has 0 aliphatic carbocycles. The first kappa shape index (κ1) is 23.2. The number of aliphatic hydroxyl groups is 1. The quantitative estimate of drug-likeness (QED) is 0.173. The van der Waals surface area contributed by atoms with Gasteiger partial charge in [0.25, 0.3) is 10.1 Å². The first-order chi connectivity index (χ1) is 9.59. The molecule has 0 aliphatic heterocycles. The molecule has 0 rings (SSSR count). The lowest BCUT2D eigenvalue weighted by Crippen LogP contribution is -2.42. The number of carboxylic acid groups (broad SMARTS) is 3. The summed E-state index contributed by atoms with van der Waals surface area (Å²) in [5, 5.41) is 33.8. The molecule has 0 aromatic heterocycles. The Hall–Kier alpha value is -1.02. The average molecular weight is 380 g/mol. The highest BCUT2D eigenvalue weighted by atomic mass is 32.3. The van der Waals surface area contributed by atoms with Gasteiger partial charge in [0.05, 0.1) is 12.8 Å². The van der Waals surface area contributed by atoms with Crippen LogP contribution in [0.4, 0.5) is 0 Å². The third kappa shape index (κ3) is 8.43. The van der Waals surface area contributed by atoms with Crippen LogP contribution in [0.1, 0.15) is 26.2 Å². The lowest BCUT2D eigenvalue weighted by molar-refractivity contribution is -0.170. The highest BCUT2D eigenvalue weighted by Crippen LogP contribution is 2.29. The van der Waals surface area contributed by atoms with Gasteiger partial charge in [0.2, 0.25) is 0 Å². The van der Waals surface area contributed by atoms with Crippen molar-refractivity contribution in [2.24, 2.45) is 0 Å². The molecule has 0 unspecified atom stereocenters. The Balaban J connectivity index is 0. The summed E-state index contributed by atoms with van der Waals surface area (Å²) in [5.74, 6) is -5.02. The van der Waals surface area contributed by atoms with Crippen molar-refractivity contribution < 1.29 is 47.8 Å². The second-order valence-electron chi connectivity index (χ2n) is 4.05. The molecule has 0 saturated carbocycles. The summed E-state index contributed by atoms with van der Waals surface area (Å²) in [5.41, 5.74) is -2.74. The van der Waals surface area contributed by atoms with Gasteiger partial charge in [-0.3, -0.25) is 14.1 Å². The summed E-state index contributed by atoms with van der Waals surface area (Å²) in [6, 6.07) is 0. The van der Waals surface area contributed by atoms with Crippen molar-refractivity contribution in [2.75, 3.05) is 0 Å². The molecule has 13 heteroatoms. The van der Waals surface area contributed by atoms with Crippen LogP contribution in [0.15, 0.2) is 0 Å². The first-order valence-electron chi connectivity index (χ1n) is 5.40. The molecule has 0 radical (unpaired) electrons. The third-order valence-electron chi connectivity index (χ3n) is 2.16. The van der Waals surface area contributed by atoms with Crippen molar-refractivity contribution in [1.29, 1.82) is 0 Å². The Bertz CT molecular complexity index is 508. The van der Waals surface area contributed by atoms with Crippen LogP contribution in [0.5, 0.6) is 0 Å². The maximum atomic E-state index is 10.3. The van der Waals surface area contributed by atoms with E-state index < -0.39 is 49.9 Å². The molecule has 0 bridgehead atoms. The van der Waals surface area contributed by atoms with Crippen molar-refractivity contribution in [3.63, 3.8) is 0 Å². The van der Waals surface area contributed by atoms with Crippen LogP contribution in [0.25, 0.3) is 0 Å². The Kier molecular flexibility index (Phi) is 9.06. The molecule has 0 aromatic rings. The fourth-order valence-electron chi connectivity index (χ4n) is 0.896. The number of thiol groups is 2. The van der Waals surface area contributed by atoms with E-state index in [0.717, 1.165) is 0 Å². The summed E-state index contributed by atoms with van der Waals surface area (Å²) in [6.07, 6.45) is -2.14. The summed E-state index contributed by atoms with van der Waals surface area (Å²) < 4.78 is 27.3. The van der Waals surface area contributed by atoms with E-state index in [2.05, 4.69) is 25.3 Å². The average Bonchev–Trinajstić information content (AvgIpc) is 2.25. The molecule has 0 heterocycles. The van der Waals surface area contributed by atoms with E-state index in [9.17, 15) is 22.8 Å². The summed E-state index contributed by atoms with van der Waals surface area (Å²) >= 11 is 7.19. The minimum absolute atomic E-state index is 0.151. The second kappa shape index (κ2) is 8.57. The zero-order chi connectivity index (χ0) is 18.4. The molecule has 5 N–H and O–H groups in total. The fourth-order valence-corrected chi connectivity index (χ4v) is 1.26. The fraction of sp³-hybridized carbons (Fsp3) is 0.667. The molecule has 22 heavy (non-hydrogen) atoms. The van der Waals surface area contributed by atoms with E-state index in [1.54, 1.807) is 6.92 Å². The van der Waals surface area contributed by atoms with Gasteiger partial charge in [-0.05, 0) is 6.42 Å². The Labute approximate surface area is 136 Å². The van der Waals surface area contributed by atoms with Crippen LogP contribution >= 0.6 is 25.3 Å². The Morgan fingerprint density at radius 3 is 1.41 bits per heavy atom. The molecular formula is C9H16O10S3. The number of rotatable bonds is 7. The molecule has 130 valence electrons. The lowest BCUT2D eigenvalue weighted by Gasteiger charge is -2.18. The third-order valence-corrected chi connectivity index (χ3v) is 5.29. The van der Waals surface area contributed by atoms with E-state index in [-0.39, 0.29) is 6.42 Å². The zero-order valence-electron chi connectivity index (χ0n) is 11.2. The summed E-state index contributed by atoms with van der Waals surface area (Å²) in [6.45, 7) is 1.56. The summed E-state index contributed by atoms with van der Waals surface area (Å²) in [7, 11) is -4.12. The van der Waals surface area contributed by atoms with Crippen LogP contribution in [-0.4, -0.2) is 60.3 Å². The van der Waals surface area contributed by atoms with Crippen LogP contribution in [0.2, 0.25) is 0 Å². The van der Waals surface area contributed by atoms with Gasteiger partial charge in [0, 0.05) is 0 Å². The minimum Gasteiger partial charge on any atom is -0.481 e. The standard InChI is InChI=1S/C6H8O7.C3H8O3S3/c7-3(8)1-6(13,5(11)12)2-4(9)10;1-2-3(7,8)9(4,5)6/h13H,1-2H2,(H,7,8)(H,9,10)(H,11,12);7-8H,2H2,1H3,(H,4,5,6). The predicted octanol–water partition coefficient (Wildman–Crippen LogP) is -0.451. The molecule has 0 fully saturated rings. The molecule has 0 saturated heterocycles. The Morgan fingerprint density at radius 1 is 1.00 bits per heavy atom. The number of hydrogen-bond donors (Lipinski definition) is 7. The number of carboxylic acids is 3. The zero-order valence-corrected chi connectivity index (χ0v) is 13.8. The minimum atomic E-state index is -4.12. The van der Waals surface area contributed by atoms with Gasteiger partial charge in [0.15, 0.2) is 9.01 Å². The van der Waals surface area contributed by atoms with Crippen LogP contribution in [0.3, 0.4) is 0 Å². The van der Waals surface area contributed by atoms with Crippen LogP contribution in [0, 0.1) is 0 Å². The topological polar surface area (TPSA) is 186 Å². The predicted molar refractivity (Wildman–Crippen MR) is 79.6 cm³/mol. The molecule has 0 atom stereocenters. The van der Waals surface area contributed by atoms with E-state index in [1.165, 1.54) is 0 Å². The van der Waals surface area contributed by atoms with Gasteiger partial charge in [-0.2, -0.15) is 8.42 Å². The molecule has 0 aromatic carbocycles. The first-order valence-corrected chi connectivity index (χ1v) is 7.73. The molecule has 0 spiro atoms. The molecule has 0 amide bonds. The van der Waals surface area contributed by atoms with Gasteiger partial charge in [0.1, 0.15) is 0 Å². The van der Waals surface area contributed by atoms with Crippen molar-refractivity contribution in [3.05, 3.63) is 0 Å². The van der Waals surface area contributed by atoms with E-state index in [0.29, 0.717) is 0 Å². The van der Waals surface area contributed by atoms with Gasteiger partial charge in [-0.25, -0.2) is 4.79 Å². The number of hydrogen-bond acceptors (Lipinski definition) is 8. The van der Waals surface area contributed by atoms with Crippen molar-refractivity contribution in [3.8, 4) is 0 Å². The lowest BCUT2D eigenvalue weighted by atomic mass is 9.96. The normalized spacial score (nSPS) is 12.0. The largest absolute Gasteiger partial charge is 0.481 e. The summed E-state index contributed by atoms with van der Waals surface area (Å²) in [4.78, 5) is 30.5. The molecule has 0 aliphatic rings. The smallest absolute Gasteiger partial charge is 0.336 e. The highest BCUT2D eigenvalue weighted by Gasteiger charge is 2.40. The van der Waals surface area contributed by atoms with E-state index in [1.807, 2.05) is 0 Å². The van der Waals surface area contributed by atoms with Crippen molar-refractivity contribution >= 4 is 53.3 Å². The maximum absolute atomic E-state index is 10.3. The van der Waals surface area contributed by atoms with Crippen molar-refractivity contribution in [2.45, 2.75) is 35.2 Å². The maximum Gasteiger partial charge on any atom is 0.336 e. The second-order valence-corrected chi connectivity index (χ2v) is 8.18. The van der Waals surface area contributed by atoms with Gasteiger partial charge in [-0.15, -0.1) is 25.3 Å². The molecule has 10 nitrogen and oxygen atoms in total. The van der Waals surface area contributed by atoms with E-state index >= 15 is 0 Å². The van der Waals surface area contributed by atoms with Crippen LogP contribution in [-0.2, 0) is 24.5 Å². The number of aliphatic carboxylic acids is 3. The van der Waals surface area contributed by atoms with Crippen molar-refractivity contribution in [1.82, 2.24) is 0 Å². The van der Waals surface area contributed by atoms with E-state index in [4.69, 9.17) is 25.0 Å². The van der Waals surface area contributed by atoms with Gasteiger partial charge >= 0.3 is 17.9 Å². The Morgan fingerprint density at radius 2 is 1.32 bits per heavy atom. The molecular weight excluding hydrogens is 364 g/mol.